The number of carbonyl (C=O) groups excluding carboxylic acids is 2. The topological polar surface area (TPSA) is 129 Å². The van der Waals surface area contributed by atoms with Crippen molar-refractivity contribution in [2.75, 3.05) is 56.2 Å². The second-order valence-corrected chi connectivity index (χ2v) is 14.9. The SMILES string of the molecule is O=C1CCC(Nc2ccc(N3CCC(N4CCC(COc5cc(F)c6c(=O)[nH]c(CSC7CCOCC7)nc6c5)CC4)CC3)cc2)C(=O)N1. The lowest BCUT2D eigenvalue weighted by atomic mass is 9.94. The number of thioether (sulfide) groups is 1. The van der Waals surface area contributed by atoms with Crippen LogP contribution in [0.5, 0.6) is 5.75 Å². The van der Waals surface area contributed by atoms with Crippen molar-refractivity contribution in [3.05, 3.63) is 58.4 Å². The number of hydrogen-bond acceptors (Lipinski definition) is 10. The number of carbonyl (C=O) groups is 2. The molecule has 11 nitrogen and oxygen atoms in total. The standard InChI is InChI=1S/C36H45FN6O5S/c37-29-19-27(20-31-34(29)36(46)40-32(39-31)22-49-28-11-17-47-18-12-28)48-21-23-7-13-42(14-8-23)26-9-15-43(16-10-26)25-3-1-24(2-4-25)38-30-5-6-33(44)41-35(30)45/h1-4,19-20,23,26,28,30,38H,5-18,21-22H2,(H,39,40,46)(H,41,44,45). The molecule has 0 bridgehead atoms. The van der Waals surface area contributed by atoms with Gasteiger partial charge in [-0.15, -0.1) is 0 Å². The quantitative estimate of drug-likeness (QED) is 0.262. The number of anilines is 2. The van der Waals surface area contributed by atoms with E-state index in [1.807, 2.05) is 12.1 Å². The summed E-state index contributed by atoms with van der Waals surface area (Å²) in [6.07, 6.45) is 7.11. The Bertz CT molecular complexity index is 1680. The average Bonchev–Trinajstić information content (AvgIpc) is 3.12. The number of amides is 2. The van der Waals surface area contributed by atoms with Crippen LogP contribution in [0, 0.1) is 11.7 Å². The number of aromatic amines is 1. The normalized spacial score (nSPS) is 22.0. The fraction of sp³-hybridized carbons (Fsp3) is 0.556. The molecule has 5 heterocycles. The average molecular weight is 693 g/mol. The Kier molecular flexibility index (Phi) is 10.7. The van der Waals surface area contributed by atoms with Crippen LogP contribution in [0.15, 0.2) is 41.2 Å². The zero-order valence-corrected chi connectivity index (χ0v) is 28.6. The molecule has 4 aliphatic heterocycles. The number of imide groups is 1. The Labute approximate surface area is 289 Å². The minimum Gasteiger partial charge on any atom is -0.493 e. The van der Waals surface area contributed by atoms with Crippen LogP contribution >= 0.6 is 11.8 Å². The molecule has 1 unspecified atom stereocenters. The van der Waals surface area contributed by atoms with Crippen molar-refractivity contribution in [3.8, 4) is 5.75 Å². The lowest BCUT2D eigenvalue weighted by Crippen LogP contribution is -2.48. The Morgan fingerprint density at radius 3 is 2.45 bits per heavy atom. The molecule has 7 rings (SSSR count). The Morgan fingerprint density at radius 1 is 0.959 bits per heavy atom. The number of hydrogen-bond donors (Lipinski definition) is 3. The summed E-state index contributed by atoms with van der Waals surface area (Å²) >= 11 is 1.76. The smallest absolute Gasteiger partial charge is 0.261 e. The number of ether oxygens (including phenoxy) is 2. The van der Waals surface area contributed by atoms with Crippen LogP contribution in [0.1, 0.15) is 57.2 Å². The van der Waals surface area contributed by atoms with Crippen LogP contribution in [0.4, 0.5) is 15.8 Å². The number of fused-ring (bicyclic) bond motifs is 1. The first-order valence-electron chi connectivity index (χ1n) is 17.6. The highest BCUT2D eigenvalue weighted by Gasteiger charge is 2.29. The van der Waals surface area contributed by atoms with E-state index in [0.29, 0.717) is 59.5 Å². The first-order chi connectivity index (χ1) is 23.9. The molecule has 3 aromatic rings. The minimum absolute atomic E-state index is 0.0228. The fourth-order valence-corrected chi connectivity index (χ4v) is 8.48. The molecule has 262 valence electrons. The number of H-pyrrole nitrogens is 1. The molecule has 4 aliphatic rings. The molecule has 4 saturated heterocycles. The van der Waals surface area contributed by atoms with Gasteiger partial charge >= 0.3 is 0 Å². The number of rotatable bonds is 10. The Balaban J connectivity index is 0.856. The monoisotopic (exact) mass is 692 g/mol. The van der Waals surface area contributed by atoms with Gasteiger partial charge in [0.05, 0.1) is 17.9 Å². The van der Waals surface area contributed by atoms with Crippen molar-refractivity contribution < 1.29 is 23.5 Å². The maximum absolute atomic E-state index is 15.0. The summed E-state index contributed by atoms with van der Waals surface area (Å²) in [7, 11) is 0. The molecule has 2 aromatic carbocycles. The molecule has 3 N–H and O–H groups in total. The van der Waals surface area contributed by atoms with E-state index in [0.717, 1.165) is 83.6 Å². The maximum Gasteiger partial charge on any atom is 0.261 e. The van der Waals surface area contributed by atoms with E-state index >= 15 is 4.39 Å². The van der Waals surface area contributed by atoms with Crippen LogP contribution < -0.4 is 25.8 Å². The van der Waals surface area contributed by atoms with Crippen LogP contribution in [-0.2, 0) is 20.1 Å². The molecule has 2 amide bonds. The number of nitrogens with zero attached hydrogens (tertiary/aromatic N) is 3. The van der Waals surface area contributed by atoms with Gasteiger partial charge in [-0.2, -0.15) is 11.8 Å². The number of piperidine rings is 3. The molecular formula is C36H45FN6O5S. The summed E-state index contributed by atoms with van der Waals surface area (Å²) < 4.78 is 26.5. The third-order valence-corrected chi connectivity index (χ3v) is 11.7. The number of halogens is 1. The van der Waals surface area contributed by atoms with Gasteiger partial charge < -0.3 is 29.6 Å². The molecule has 4 fully saturated rings. The third kappa shape index (κ3) is 8.38. The van der Waals surface area contributed by atoms with Crippen LogP contribution in [-0.4, -0.2) is 90.0 Å². The highest BCUT2D eigenvalue weighted by molar-refractivity contribution is 7.99. The molecule has 1 aromatic heterocycles. The molecular weight excluding hydrogens is 647 g/mol. The van der Waals surface area contributed by atoms with E-state index in [-0.39, 0.29) is 23.2 Å². The van der Waals surface area contributed by atoms with Gasteiger partial charge in [0.1, 0.15) is 28.8 Å². The van der Waals surface area contributed by atoms with E-state index in [1.54, 1.807) is 17.8 Å². The molecule has 0 aliphatic carbocycles. The van der Waals surface area contributed by atoms with Gasteiger partial charge in [-0.25, -0.2) is 9.37 Å². The number of nitrogens with one attached hydrogen (secondary N) is 3. The van der Waals surface area contributed by atoms with E-state index < -0.39 is 11.4 Å². The first kappa shape index (κ1) is 33.8. The van der Waals surface area contributed by atoms with Crippen molar-refractivity contribution in [2.24, 2.45) is 5.92 Å². The highest BCUT2D eigenvalue weighted by atomic mass is 32.2. The summed E-state index contributed by atoms with van der Waals surface area (Å²) in [5, 5.41) is 6.09. The third-order valence-electron chi connectivity index (χ3n) is 10.3. The van der Waals surface area contributed by atoms with Crippen molar-refractivity contribution >= 4 is 45.9 Å². The summed E-state index contributed by atoms with van der Waals surface area (Å²) in [4.78, 5) is 48.6. The van der Waals surface area contributed by atoms with Crippen molar-refractivity contribution in [1.82, 2.24) is 20.2 Å². The number of likely N-dealkylation sites (tertiary alicyclic amines) is 1. The van der Waals surface area contributed by atoms with E-state index in [4.69, 9.17) is 9.47 Å². The van der Waals surface area contributed by atoms with Crippen molar-refractivity contribution in [1.29, 1.82) is 0 Å². The van der Waals surface area contributed by atoms with Crippen molar-refractivity contribution in [2.45, 2.75) is 74.5 Å². The maximum atomic E-state index is 15.0. The largest absolute Gasteiger partial charge is 0.493 e. The van der Waals surface area contributed by atoms with E-state index in [1.165, 1.54) is 11.8 Å². The van der Waals surface area contributed by atoms with Gasteiger partial charge in [-0.1, -0.05) is 0 Å². The summed E-state index contributed by atoms with van der Waals surface area (Å²) in [5.41, 5.74) is 1.94. The van der Waals surface area contributed by atoms with Gasteiger partial charge in [-0.3, -0.25) is 19.7 Å². The second kappa shape index (κ2) is 15.5. The van der Waals surface area contributed by atoms with Gasteiger partial charge in [0.15, 0.2) is 0 Å². The predicted molar refractivity (Wildman–Crippen MR) is 189 cm³/mol. The van der Waals surface area contributed by atoms with Crippen LogP contribution in [0.25, 0.3) is 10.9 Å². The zero-order chi connectivity index (χ0) is 33.7. The molecule has 0 spiro atoms. The lowest BCUT2D eigenvalue weighted by Gasteiger charge is -2.42. The lowest BCUT2D eigenvalue weighted by molar-refractivity contribution is -0.133. The molecule has 49 heavy (non-hydrogen) atoms. The summed E-state index contributed by atoms with van der Waals surface area (Å²) in [5.74, 6) is 0.853. The van der Waals surface area contributed by atoms with Crippen LogP contribution in [0.2, 0.25) is 0 Å². The van der Waals surface area contributed by atoms with E-state index in [2.05, 4.69) is 42.5 Å². The zero-order valence-electron chi connectivity index (χ0n) is 27.8. The molecule has 0 saturated carbocycles. The minimum atomic E-state index is -0.606. The Hall–Kier alpha value is -3.68. The molecule has 13 heteroatoms. The molecule has 0 radical (unpaired) electrons. The van der Waals surface area contributed by atoms with Crippen LogP contribution in [0.3, 0.4) is 0 Å². The van der Waals surface area contributed by atoms with Gasteiger partial charge in [-0.05, 0) is 88.2 Å². The van der Waals surface area contributed by atoms with Gasteiger partial charge in [0, 0.05) is 67.5 Å². The fourth-order valence-electron chi connectivity index (χ4n) is 7.43. The Morgan fingerprint density at radius 2 is 1.71 bits per heavy atom. The predicted octanol–water partition coefficient (Wildman–Crippen LogP) is 4.45. The summed E-state index contributed by atoms with van der Waals surface area (Å²) in [6, 6.07) is 11.4. The summed E-state index contributed by atoms with van der Waals surface area (Å²) in [6.45, 7) is 6.07. The number of aromatic nitrogens is 2. The van der Waals surface area contributed by atoms with Gasteiger partial charge in [0.2, 0.25) is 11.8 Å². The van der Waals surface area contributed by atoms with Crippen molar-refractivity contribution in [3.63, 3.8) is 0 Å². The first-order valence-corrected chi connectivity index (χ1v) is 18.7. The van der Waals surface area contributed by atoms with Gasteiger partial charge in [0.25, 0.3) is 5.56 Å². The number of benzene rings is 2. The second-order valence-electron chi connectivity index (χ2n) is 13.6. The highest BCUT2D eigenvalue weighted by Crippen LogP contribution is 2.29. The molecule has 1 atom stereocenters. The van der Waals surface area contributed by atoms with E-state index in [9.17, 15) is 14.4 Å².